The number of hydrogen-bond donors (Lipinski definition) is 1. The third-order valence-electron chi connectivity index (χ3n) is 2.69. The fourth-order valence-electron chi connectivity index (χ4n) is 1.79. The van der Waals surface area contributed by atoms with E-state index in [0.717, 1.165) is 31.5 Å². The van der Waals surface area contributed by atoms with Crippen molar-refractivity contribution >= 4 is 12.1 Å². The van der Waals surface area contributed by atoms with Crippen LogP contribution < -0.4 is 0 Å². The second-order valence-corrected chi connectivity index (χ2v) is 3.78. The highest BCUT2D eigenvalue weighted by Crippen LogP contribution is 2.13. The van der Waals surface area contributed by atoms with E-state index in [1.54, 1.807) is 12.3 Å². The molecular formula is C10H14N2O2. The minimum absolute atomic E-state index is 0.115. The molecule has 76 valence electrons. The van der Waals surface area contributed by atoms with Gasteiger partial charge in [0.25, 0.3) is 5.91 Å². The van der Waals surface area contributed by atoms with E-state index in [2.05, 4.69) is 9.89 Å². The second-order valence-electron chi connectivity index (χ2n) is 3.78. The first-order valence-electron chi connectivity index (χ1n) is 4.93. The summed E-state index contributed by atoms with van der Waals surface area (Å²) in [5.41, 5.74) is 0.765. The number of aliphatic hydroxyl groups is 1. The number of allylic oxidation sites excluding steroid dienone is 1. The molecule has 2 aliphatic rings. The molecule has 0 radical (unpaired) electrons. The summed E-state index contributed by atoms with van der Waals surface area (Å²) < 4.78 is 0. The van der Waals surface area contributed by atoms with Gasteiger partial charge in [0.2, 0.25) is 0 Å². The van der Waals surface area contributed by atoms with E-state index in [-0.39, 0.29) is 12.0 Å². The fraction of sp³-hybridized carbons (Fsp3) is 0.600. The second kappa shape index (κ2) is 4.02. The van der Waals surface area contributed by atoms with E-state index >= 15 is 0 Å². The standard InChI is InChI=1S/C10H14N2O2/c13-9-2-5-12(6-3-9)7-8-1-4-11-10(8)14/h1,4,9,13H,2-3,5-7H2. The molecule has 0 bridgehead atoms. The smallest absolute Gasteiger partial charge is 0.274 e. The number of aliphatic imine (C=N–C) groups is 1. The number of nitrogens with zero attached hydrogens (tertiary/aromatic N) is 2. The van der Waals surface area contributed by atoms with Crippen LogP contribution in [-0.4, -0.2) is 47.9 Å². The first kappa shape index (κ1) is 9.55. The third kappa shape index (κ3) is 2.08. The maximum Gasteiger partial charge on any atom is 0.274 e. The number of rotatable bonds is 2. The van der Waals surface area contributed by atoms with Crippen LogP contribution >= 0.6 is 0 Å². The van der Waals surface area contributed by atoms with Crippen LogP contribution in [0.15, 0.2) is 16.6 Å². The van der Waals surface area contributed by atoms with Gasteiger partial charge in [0.1, 0.15) is 0 Å². The van der Waals surface area contributed by atoms with Gasteiger partial charge in [-0.25, -0.2) is 4.99 Å². The van der Waals surface area contributed by atoms with Crippen LogP contribution in [0.25, 0.3) is 0 Å². The Morgan fingerprint density at radius 3 is 2.79 bits per heavy atom. The summed E-state index contributed by atoms with van der Waals surface area (Å²) >= 11 is 0. The minimum Gasteiger partial charge on any atom is -0.393 e. The number of aliphatic hydroxyl groups excluding tert-OH is 1. The molecule has 4 nitrogen and oxygen atoms in total. The summed E-state index contributed by atoms with van der Waals surface area (Å²) in [6.07, 6.45) is 4.78. The van der Waals surface area contributed by atoms with Gasteiger partial charge >= 0.3 is 0 Å². The van der Waals surface area contributed by atoms with E-state index in [9.17, 15) is 9.90 Å². The van der Waals surface area contributed by atoms with Crippen LogP contribution in [-0.2, 0) is 4.79 Å². The lowest BCUT2D eigenvalue weighted by Crippen LogP contribution is -2.37. The summed E-state index contributed by atoms with van der Waals surface area (Å²) in [6.45, 7) is 2.41. The van der Waals surface area contributed by atoms with Gasteiger partial charge in [-0.15, -0.1) is 0 Å². The number of hydrogen-bond acceptors (Lipinski definition) is 3. The van der Waals surface area contributed by atoms with E-state index in [0.29, 0.717) is 6.54 Å². The maximum absolute atomic E-state index is 11.2. The monoisotopic (exact) mass is 194 g/mol. The van der Waals surface area contributed by atoms with Crippen LogP contribution in [0.2, 0.25) is 0 Å². The molecule has 4 heteroatoms. The molecule has 0 aromatic heterocycles. The first-order chi connectivity index (χ1) is 6.75. The van der Waals surface area contributed by atoms with Gasteiger partial charge in [0, 0.05) is 31.4 Å². The highest BCUT2D eigenvalue weighted by Gasteiger charge is 2.20. The average molecular weight is 194 g/mol. The molecule has 0 spiro atoms. The van der Waals surface area contributed by atoms with E-state index in [1.165, 1.54) is 0 Å². The third-order valence-corrected chi connectivity index (χ3v) is 2.69. The first-order valence-corrected chi connectivity index (χ1v) is 4.93. The van der Waals surface area contributed by atoms with Crippen molar-refractivity contribution in [1.29, 1.82) is 0 Å². The molecule has 0 aliphatic carbocycles. The molecule has 2 rings (SSSR count). The van der Waals surface area contributed by atoms with E-state index in [4.69, 9.17) is 0 Å². The number of carbonyl (C=O) groups is 1. The van der Waals surface area contributed by atoms with E-state index < -0.39 is 0 Å². The molecule has 2 aliphatic heterocycles. The Labute approximate surface area is 82.9 Å². The van der Waals surface area contributed by atoms with Gasteiger partial charge in [-0.05, 0) is 18.9 Å². The average Bonchev–Trinajstić information content (AvgIpc) is 2.56. The van der Waals surface area contributed by atoms with Crippen LogP contribution in [0.5, 0.6) is 0 Å². The highest BCUT2D eigenvalue weighted by molar-refractivity contribution is 6.08. The van der Waals surface area contributed by atoms with Crippen molar-refractivity contribution in [3.8, 4) is 0 Å². The summed E-state index contributed by atoms with van der Waals surface area (Å²) in [6, 6.07) is 0. The van der Waals surface area contributed by atoms with Crippen molar-refractivity contribution in [1.82, 2.24) is 4.90 Å². The lowest BCUT2D eigenvalue weighted by molar-refractivity contribution is -0.114. The van der Waals surface area contributed by atoms with Crippen molar-refractivity contribution in [3.63, 3.8) is 0 Å². The quantitative estimate of drug-likeness (QED) is 0.672. The van der Waals surface area contributed by atoms with Crippen molar-refractivity contribution in [2.75, 3.05) is 19.6 Å². The van der Waals surface area contributed by atoms with Gasteiger partial charge in [-0.1, -0.05) is 0 Å². The Morgan fingerprint density at radius 2 is 2.21 bits per heavy atom. The normalized spacial score (nSPS) is 24.4. The largest absolute Gasteiger partial charge is 0.393 e. The number of carbonyl (C=O) groups excluding carboxylic acids is 1. The molecule has 0 aromatic rings. The Kier molecular flexibility index (Phi) is 2.74. The summed E-state index contributed by atoms with van der Waals surface area (Å²) in [5.74, 6) is -0.115. The molecule has 14 heavy (non-hydrogen) atoms. The Balaban J connectivity index is 1.84. The molecule has 0 atom stereocenters. The zero-order valence-corrected chi connectivity index (χ0v) is 8.02. The molecule has 1 saturated heterocycles. The fourth-order valence-corrected chi connectivity index (χ4v) is 1.79. The van der Waals surface area contributed by atoms with Crippen molar-refractivity contribution in [2.45, 2.75) is 18.9 Å². The predicted molar refractivity (Wildman–Crippen MR) is 53.3 cm³/mol. The maximum atomic E-state index is 11.2. The van der Waals surface area contributed by atoms with Gasteiger partial charge in [-0.2, -0.15) is 0 Å². The Hall–Kier alpha value is -1.00. The Morgan fingerprint density at radius 1 is 1.50 bits per heavy atom. The summed E-state index contributed by atoms with van der Waals surface area (Å²) in [4.78, 5) is 17.0. The predicted octanol–water partition coefficient (Wildman–Crippen LogP) is -0.0195. The van der Waals surface area contributed by atoms with Crippen LogP contribution in [0.3, 0.4) is 0 Å². The molecular weight excluding hydrogens is 180 g/mol. The molecule has 1 fully saturated rings. The lowest BCUT2D eigenvalue weighted by atomic mass is 10.1. The molecule has 1 N–H and O–H groups in total. The highest BCUT2D eigenvalue weighted by atomic mass is 16.3. The van der Waals surface area contributed by atoms with Crippen LogP contribution in [0.1, 0.15) is 12.8 Å². The number of piperidine rings is 1. The molecule has 2 heterocycles. The van der Waals surface area contributed by atoms with E-state index in [1.807, 2.05) is 0 Å². The van der Waals surface area contributed by atoms with Gasteiger partial charge in [0.05, 0.1) is 6.10 Å². The summed E-state index contributed by atoms with van der Waals surface area (Å²) in [5, 5.41) is 9.31. The van der Waals surface area contributed by atoms with Crippen LogP contribution in [0, 0.1) is 0 Å². The number of likely N-dealkylation sites (tertiary alicyclic amines) is 1. The minimum atomic E-state index is -0.157. The zero-order valence-electron chi connectivity index (χ0n) is 8.02. The lowest BCUT2D eigenvalue weighted by Gasteiger charge is -2.29. The van der Waals surface area contributed by atoms with Gasteiger partial charge in [-0.3, -0.25) is 9.69 Å². The van der Waals surface area contributed by atoms with Crippen molar-refractivity contribution in [2.24, 2.45) is 4.99 Å². The van der Waals surface area contributed by atoms with Crippen LogP contribution in [0.4, 0.5) is 0 Å². The topological polar surface area (TPSA) is 52.9 Å². The molecule has 0 unspecified atom stereocenters. The number of amides is 1. The van der Waals surface area contributed by atoms with Gasteiger partial charge in [0.15, 0.2) is 0 Å². The Bertz CT molecular complexity index is 288. The SMILES string of the molecule is O=C1N=CC=C1CN1CCC(O)CC1. The molecule has 1 amide bonds. The van der Waals surface area contributed by atoms with Crippen molar-refractivity contribution in [3.05, 3.63) is 11.6 Å². The van der Waals surface area contributed by atoms with Crippen molar-refractivity contribution < 1.29 is 9.90 Å². The molecule has 0 saturated carbocycles. The zero-order chi connectivity index (χ0) is 9.97. The summed E-state index contributed by atoms with van der Waals surface area (Å²) in [7, 11) is 0. The molecule has 0 aromatic carbocycles. The van der Waals surface area contributed by atoms with Gasteiger partial charge < -0.3 is 5.11 Å².